The number of benzene rings is 9. The molecule has 0 bridgehead atoms. The third-order valence-corrected chi connectivity index (χ3v) is 18.9. The highest BCUT2D eigenvalue weighted by molar-refractivity contribution is 7.22. The van der Waals surface area contributed by atoms with Crippen molar-refractivity contribution in [2.24, 2.45) is 0 Å². The van der Waals surface area contributed by atoms with Crippen LogP contribution in [0.4, 0.5) is 28.4 Å². The Morgan fingerprint density at radius 1 is 0.492 bits per heavy atom. The Hall–Kier alpha value is -7.34. The molecule has 0 atom stereocenters. The molecule has 298 valence electrons. The monoisotopic (exact) mass is 822 g/mol. The topological polar surface area (TPSA) is 19.6 Å². The number of hydrogen-bond acceptors (Lipinski definition) is 3. The molecule has 0 spiro atoms. The van der Waals surface area contributed by atoms with E-state index >= 15 is 0 Å². The molecule has 0 saturated carbocycles. The van der Waals surface area contributed by atoms with E-state index < -0.39 is 8.07 Å². The minimum absolute atomic E-state index is 0.0359. The third-order valence-electron chi connectivity index (χ3n) is 14.0. The maximum absolute atomic E-state index is 7.40. The summed E-state index contributed by atoms with van der Waals surface area (Å²) in [6.07, 6.45) is 0. The Bertz CT molecular complexity index is 3430. The van der Waals surface area contributed by atoms with Crippen molar-refractivity contribution < 1.29 is 4.42 Å². The van der Waals surface area contributed by atoms with E-state index in [-0.39, 0.29) is 12.3 Å². The van der Waals surface area contributed by atoms with Crippen molar-refractivity contribution in [3.05, 3.63) is 212 Å². The molecule has 13 rings (SSSR count). The molecule has 9 aromatic carbocycles. The van der Waals surface area contributed by atoms with Gasteiger partial charge in [-0.1, -0.05) is 191 Å². The molecular weight excluding hydrogens is 780 g/mol. The van der Waals surface area contributed by atoms with Gasteiger partial charge in [-0.2, -0.15) is 0 Å². The van der Waals surface area contributed by atoms with Crippen LogP contribution in [0, 0.1) is 0 Å². The van der Waals surface area contributed by atoms with Gasteiger partial charge < -0.3 is 14.1 Å². The highest BCUT2D eigenvalue weighted by Crippen LogP contribution is 2.53. The van der Waals surface area contributed by atoms with Gasteiger partial charge in [-0.25, -0.2) is 0 Å². The van der Waals surface area contributed by atoms with Crippen molar-refractivity contribution in [2.45, 2.75) is 26.2 Å². The Morgan fingerprint density at radius 2 is 1.13 bits per heavy atom. The second-order valence-electron chi connectivity index (χ2n) is 18.4. The fraction of sp³-hybridized carbons (Fsp3) is 0.0690. The van der Waals surface area contributed by atoms with Gasteiger partial charge in [0.25, 0.3) is 0 Å². The fourth-order valence-corrected chi connectivity index (χ4v) is 16.5. The lowest BCUT2D eigenvalue weighted by Crippen LogP contribution is -2.79. The SMILES string of the molecule is CC(C)(C)c1ccc(N2c3cc4ccccc4c4c3B(c3oc5ccccc5c32)N2c3ccccc3[Si](c3ccccc3)(c3ccccc3)c3cccc-4c32)c(-c2ccccc2)c1. The van der Waals surface area contributed by atoms with Crippen LogP contribution in [-0.4, -0.2) is 14.9 Å². The maximum atomic E-state index is 7.40. The molecule has 3 aliphatic rings. The van der Waals surface area contributed by atoms with Crippen LogP contribution >= 0.6 is 0 Å². The van der Waals surface area contributed by atoms with E-state index in [1.54, 1.807) is 0 Å². The molecule has 1 aromatic heterocycles. The van der Waals surface area contributed by atoms with Crippen molar-refractivity contribution in [3.63, 3.8) is 0 Å². The van der Waals surface area contributed by atoms with Crippen LogP contribution in [0.2, 0.25) is 0 Å². The van der Waals surface area contributed by atoms with Crippen molar-refractivity contribution >= 4 is 97.0 Å². The lowest BCUT2D eigenvalue weighted by Gasteiger charge is -2.51. The van der Waals surface area contributed by atoms with Crippen LogP contribution < -0.4 is 41.6 Å². The minimum Gasteiger partial charge on any atom is -0.466 e. The van der Waals surface area contributed by atoms with Gasteiger partial charge in [-0.15, -0.1) is 0 Å². The first-order chi connectivity index (χ1) is 30.9. The van der Waals surface area contributed by atoms with E-state index in [1.807, 2.05) is 0 Å². The number of furan rings is 1. The van der Waals surface area contributed by atoms with E-state index in [1.165, 1.54) is 81.9 Å². The summed E-state index contributed by atoms with van der Waals surface area (Å²) < 4.78 is 7.40. The molecule has 0 fully saturated rings. The van der Waals surface area contributed by atoms with Crippen LogP contribution in [0.1, 0.15) is 26.3 Å². The Labute approximate surface area is 369 Å². The first kappa shape index (κ1) is 36.3. The molecule has 0 amide bonds. The Balaban J connectivity index is 1.21. The first-order valence-electron chi connectivity index (χ1n) is 22.1. The molecular formula is C58H43BN2OSi. The van der Waals surface area contributed by atoms with Crippen LogP contribution in [0.3, 0.4) is 0 Å². The second-order valence-corrected chi connectivity index (χ2v) is 22.1. The van der Waals surface area contributed by atoms with Crippen molar-refractivity contribution in [1.29, 1.82) is 0 Å². The number of hydrogen-bond donors (Lipinski definition) is 0. The van der Waals surface area contributed by atoms with Crippen molar-refractivity contribution in [1.82, 2.24) is 0 Å². The Kier molecular flexibility index (Phi) is 7.69. The largest absolute Gasteiger partial charge is 0.466 e. The molecule has 0 unspecified atom stereocenters. The van der Waals surface area contributed by atoms with E-state index in [4.69, 9.17) is 4.42 Å². The summed E-state index contributed by atoms with van der Waals surface area (Å²) >= 11 is 0. The van der Waals surface area contributed by atoms with Crippen LogP contribution in [0.15, 0.2) is 211 Å². The summed E-state index contributed by atoms with van der Waals surface area (Å²) in [5.41, 5.74) is 15.3. The zero-order valence-electron chi connectivity index (χ0n) is 35.5. The molecule has 0 saturated heterocycles. The molecule has 3 nitrogen and oxygen atoms in total. The van der Waals surface area contributed by atoms with E-state index in [9.17, 15) is 0 Å². The predicted octanol–water partition coefficient (Wildman–Crippen LogP) is 10.9. The van der Waals surface area contributed by atoms with Crippen molar-refractivity contribution in [2.75, 3.05) is 9.71 Å². The molecule has 0 N–H and O–H groups in total. The minimum atomic E-state index is -2.90. The van der Waals surface area contributed by atoms with Gasteiger partial charge >= 0.3 is 6.85 Å². The lowest BCUT2D eigenvalue weighted by molar-refractivity contribution is 0.590. The van der Waals surface area contributed by atoms with Crippen LogP contribution in [0.25, 0.3) is 44.0 Å². The Morgan fingerprint density at radius 3 is 1.87 bits per heavy atom. The summed E-state index contributed by atoms with van der Waals surface area (Å²) in [6.45, 7) is 6.66. The van der Waals surface area contributed by atoms with Gasteiger partial charge in [0.05, 0.1) is 11.4 Å². The van der Waals surface area contributed by atoms with Gasteiger partial charge in [0, 0.05) is 33.6 Å². The standard InChI is InChI=1S/C58H43BN2OSi/c1-58(2,3)40-34-35-47(46(37-40)38-20-7-4-8-21-38)60-49-36-39-22-13-14-27-43(39)53-45-29-19-33-52-55(45)61(59(54(49)53)57-56(60)44-28-15-17-31-50(44)62-57)48-30-16-18-32-51(48)63(52,41-23-9-5-10-24-41)42-25-11-6-12-26-42/h4-37H,1-3H3. The van der Waals surface area contributed by atoms with Crippen molar-refractivity contribution in [3.8, 4) is 22.3 Å². The zero-order valence-corrected chi connectivity index (χ0v) is 36.5. The molecule has 0 radical (unpaired) electrons. The average Bonchev–Trinajstić information content (AvgIpc) is 3.72. The zero-order chi connectivity index (χ0) is 42.0. The van der Waals surface area contributed by atoms with Crippen LogP contribution in [-0.2, 0) is 5.41 Å². The number of para-hydroxylation sites is 3. The van der Waals surface area contributed by atoms with Gasteiger partial charge in [-0.3, -0.25) is 0 Å². The summed E-state index contributed by atoms with van der Waals surface area (Å²) in [6, 6.07) is 77.3. The third kappa shape index (κ3) is 4.97. The maximum Gasteiger partial charge on any atom is 0.375 e. The normalized spacial score (nSPS) is 14.3. The number of fused-ring (bicyclic) bond motifs is 10. The molecule has 0 aliphatic carbocycles. The van der Waals surface area contributed by atoms with Gasteiger partial charge in [0.2, 0.25) is 0 Å². The molecule has 63 heavy (non-hydrogen) atoms. The first-order valence-corrected chi connectivity index (χ1v) is 24.1. The van der Waals surface area contributed by atoms with Gasteiger partial charge in [-0.05, 0) is 95.5 Å². The highest BCUT2D eigenvalue weighted by atomic mass is 28.3. The molecule has 10 aromatic rings. The molecule has 5 heteroatoms. The lowest BCUT2D eigenvalue weighted by atomic mass is 9.45. The summed E-state index contributed by atoms with van der Waals surface area (Å²) in [4.78, 5) is 5.23. The predicted molar refractivity (Wildman–Crippen MR) is 269 cm³/mol. The fourth-order valence-electron chi connectivity index (χ4n) is 11.4. The second kappa shape index (κ2) is 13.3. The quantitative estimate of drug-likeness (QED) is 0.165. The van der Waals surface area contributed by atoms with E-state index in [0.717, 1.165) is 28.0 Å². The van der Waals surface area contributed by atoms with E-state index in [0.29, 0.717) is 0 Å². The number of nitrogens with zero attached hydrogens (tertiary/aromatic N) is 2. The number of anilines is 5. The van der Waals surface area contributed by atoms with Gasteiger partial charge in [0.15, 0.2) is 8.07 Å². The van der Waals surface area contributed by atoms with Gasteiger partial charge in [0.1, 0.15) is 11.2 Å². The number of rotatable bonds is 4. The van der Waals surface area contributed by atoms with E-state index in [2.05, 4.69) is 237 Å². The smallest absolute Gasteiger partial charge is 0.375 e. The summed E-state index contributed by atoms with van der Waals surface area (Å²) in [5, 5.41) is 9.14. The summed E-state index contributed by atoms with van der Waals surface area (Å²) in [7, 11) is -2.90. The highest BCUT2D eigenvalue weighted by Gasteiger charge is 2.56. The van der Waals surface area contributed by atoms with Crippen LogP contribution in [0.5, 0.6) is 0 Å². The summed E-state index contributed by atoms with van der Waals surface area (Å²) in [5.74, 6) is 0. The molecule has 3 aliphatic heterocycles. The average molecular weight is 823 g/mol. The molecule has 4 heterocycles.